The highest BCUT2D eigenvalue weighted by Gasteiger charge is 2.11. The number of rotatable bonds is 7. The summed E-state index contributed by atoms with van der Waals surface area (Å²) in [6.45, 7) is 3.21. The van der Waals surface area contributed by atoms with E-state index in [4.69, 9.17) is 5.73 Å². The summed E-state index contributed by atoms with van der Waals surface area (Å²) in [6, 6.07) is 5.75. The molecule has 1 unspecified atom stereocenters. The van der Waals surface area contributed by atoms with Crippen molar-refractivity contribution in [2.24, 2.45) is 5.73 Å². The topological polar surface area (TPSA) is 29.3 Å². The zero-order chi connectivity index (χ0) is 13.5. The van der Waals surface area contributed by atoms with E-state index in [2.05, 4.69) is 18.1 Å². The number of hydrogen-bond acceptors (Lipinski definition) is 3. The Balaban J connectivity index is 2.61. The van der Waals surface area contributed by atoms with E-state index in [9.17, 15) is 4.39 Å². The molecular weight excluding hydrogens is 247 g/mol. The third-order valence-corrected chi connectivity index (χ3v) is 3.91. The molecule has 0 amide bonds. The zero-order valence-corrected chi connectivity index (χ0v) is 12.3. The first-order chi connectivity index (χ1) is 8.58. The second kappa shape index (κ2) is 7.77. The maximum absolute atomic E-state index is 13.8. The van der Waals surface area contributed by atoms with Gasteiger partial charge in [-0.2, -0.15) is 11.8 Å². The number of hydrogen-bond donors (Lipinski definition) is 1. The fraction of sp³-hybridized carbons (Fsp3) is 0.571. The van der Waals surface area contributed by atoms with E-state index in [0.29, 0.717) is 19.1 Å². The lowest BCUT2D eigenvalue weighted by molar-refractivity contribution is 0.242. The molecule has 0 bridgehead atoms. The Hall–Kier alpha value is -0.580. The molecule has 0 aromatic heterocycles. The zero-order valence-electron chi connectivity index (χ0n) is 11.4. The molecule has 18 heavy (non-hydrogen) atoms. The summed E-state index contributed by atoms with van der Waals surface area (Å²) in [5.74, 6) is 0.988. The van der Waals surface area contributed by atoms with E-state index < -0.39 is 0 Å². The fourth-order valence-electron chi connectivity index (χ4n) is 1.78. The first-order valence-corrected chi connectivity index (χ1v) is 7.64. The van der Waals surface area contributed by atoms with Gasteiger partial charge in [0.15, 0.2) is 0 Å². The summed E-state index contributed by atoms with van der Waals surface area (Å²) in [5, 5.41) is 0. The first-order valence-electron chi connectivity index (χ1n) is 6.25. The molecule has 1 aromatic rings. The molecule has 102 valence electrons. The molecule has 0 fully saturated rings. The molecule has 1 rings (SSSR count). The van der Waals surface area contributed by atoms with Crippen LogP contribution < -0.4 is 5.73 Å². The molecule has 0 aliphatic carbocycles. The van der Waals surface area contributed by atoms with E-state index in [1.165, 1.54) is 6.07 Å². The Kier molecular flexibility index (Phi) is 6.68. The molecular formula is C14H23FN2S. The monoisotopic (exact) mass is 270 g/mol. The van der Waals surface area contributed by atoms with Gasteiger partial charge in [-0.05, 0) is 44.0 Å². The predicted molar refractivity (Wildman–Crippen MR) is 78.2 cm³/mol. The van der Waals surface area contributed by atoms with Gasteiger partial charge in [0.1, 0.15) is 5.82 Å². The molecule has 0 aliphatic heterocycles. The summed E-state index contributed by atoms with van der Waals surface area (Å²) in [4.78, 5) is 2.19. The Morgan fingerprint density at radius 3 is 2.72 bits per heavy atom. The van der Waals surface area contributed by atoms with Crippen LogP contribution in [0.3, 0.4) is 0 Å². The van der Waals surface area contributed by atoms with Gasteiger partial charge in [0, 0.05) is 24.7 Å². The summed E-state index contributed by atoms with van der Waals surface area (Å²) >= 11 is 1.85. The molecule has 0 aliphatic rings. The SMILES string of the molecule is CSCCC(C)N(C)Cc1ccc(CN)cc1F. The molecule has 0 saturated heterocycles. The van der Waals surface area contributed by atoms with Crippen LogP contribution in [-0.4, -0.2) is 30.0 Å². The summed E-state index contributed by atoms with van der Waals surface area (Å²) < 4.78 is 13.8. The second-order valence-corrected chi connectivity index (χ2v) is 5.66. The predicted octanol–water partition coefficient (Wildman–Crippen LogP) is 2.86. The van der Waals surface area contributed by atoms with Gasteiger partial charge in [-0.3, -0.25) is 4.90 Å². The van der Waals surface area contributed by atoms with Crippen LogP contribution in [0.1, 0.15) is 24.5 Å². The molecule has 0 radical (unpaired) electrons. The van der Waals surface area contributed by atoms with Crippen molar-refractivity contribution < 1.29 is 4.39 Å². The number of thioether (sulfide) groups is 1. The van der Waals surface area contributed by atoms with Crippen LogP contribution in [0.25, 0.3) is 0 Å². The normalized spacial score (nSPS) is 13.0. The van der Waals surface area contributed by atoms with Gasteiger partial charge in [0.2, 0.25) is 0 Å². The van der Waals surface area contributed by atoms with Crippen LogP contribution in [0.15, 0.2) is 18.2 Å². The number of nitrogens with two attached hydrogens (primary N) is 1. The van der Waals surface area contributed by atoms with E-state index in [1.54, 1.807) is 0 Å². The van der Waals surface area contributed by atoms with Gasteiger partial charge in [-0.25, -0.2) is 4.39 Å². The van der Waals surface area contributed by atoms with Crippen molar-refractivity contribution in [3.8, 4) is 0 Å². The minimum atomic E-state index is -0.151. The molecule has 1 atom stereocenters. The Bertz CT molecular complexity index is 371. The lowest BCUT2D eigenvalue weighted by Gasteiger charge is -2.24. The second-order valence-electron chi connectivity index (χ2n) is 4.68. The minimum absolute atomic E-state index is 0.151. The van der Waals surface area contributed by atoms with E-state index in [-0.39, 0.29) is 5.82 Å². The quantitative estimate of drug-likeness (QED) is 0.826. The highest BCUT2D eigenvalue weighted by molar-refractivity contribution is 7.98. The standard InChI is InChI=1S/C14H23FN2S/c1-11(6-7-18-3)17(2)10-13-5-4-12(9-16)8-14(13)15/h4-5,8,11H,6-7,9-10,16H2,1-3H3. The average molecular weight is 270 g/mol. The van der Waals surface area contributed by atoms with Crippen molar-refractivity contribution in [1.29, 1.82) is 0 Å². The molecule has 4 heteroatoms. The number of benzene rings is 1. The third kappa shape index (κ3) is 4.59. The molecule has 0 spiro atoms. The van der Waals surface area contributed by atoms with Crippen LogP contribution in [-0.2, 0) is 13.1 Å². The summed E-state index contributed by atoms with van der Waals surface area (Å²) in [5.41, 5.74) is 7.08. The highest BCUT2D eigenvalue weighted by Crippen LogP contribution is 2.15. The van der Waals surface area contributed by atoms with Gasteiger partial charge in [-0.1, -0.05) is 12.1 Å². The van der Waals surface area contributed by atoms with Crippen LogP contribution in [0.5, 0.6) is 0 Å². The molecule has 1 aromatic carbocycles. The van der Waals surface area contributed by atoms with Crippen molar-refractivity contribution >= 4 is 11.8 Å². The Morgan fingerprint density at radius 2 is 2.17 bits per heavy atom. The number of nitrogens with zero attached hydrogens (tertiary/aromatic N) is 1. The summed E-state index contributed by atoms with van der Waals surface area (Å²) in [7, 11) is 2.04. The number of halogens is 1. The van der Waals surface area contributed by atoms with Crippen LogP contribution >= 0.6 is 11.8 Å². The molecule has 0 heterocycles. The largest absolute Gasteiger partial charge is 0.326 e. The van der Waals surface area contributed by atoms with E-state index in [1.807, 2.05) is 30.9 Å². The van der Waals surface area contributed by atoms with E-state index >= 15 is 0 Å². The van der Waals surface area contributed by atoms with Crippen molar-refractivity contribution in [1.82, 2.24) is 4.90 Å². The van der Waals surface area contributed by atoms with Crippen molar-refractivity contribution in [2.45, 2.75) is 32.5 Å². The minimum Gasteiger partial charge on any atom is -0.326 e. The van der Waals surface area contributed by atoms with Gasteiger partial charge < -0.3 is 5.73 Å². The summed E-state index contributed by atoms with van der Waals surface area (Å²) in [6.07, 6.45) is 3.23. The van der Waals surface area contributed by atoms with Crippen LogP contribution in [0.2, 0.25) is 0 Å². The van der Waals surface area contributed by atoms with Crippen molar-refractivity contribution in [2.75, 3.05) is 19.1 Å². The lowest BCUT2D eigenvalue weighted by atomic mass is 10.1. The average Bonchev–Trinajstić information content (AvgIpc) is 2.38. The van der Waals surface area contributed by atoms with Crippen LogP contribution in [0.4, 0.5) is 4.39 Å². The van der Waals surface area contributed by atoms with Crippen molar-refractivity contribution in [3.05, 3.63) is 35.1 Å². The van der Waals surface area contributed by atoms with Gasteiger partial charge in [0.25, 0.3) is 0 Å². The fourth-order valence-corrected chi connectivity index (χ4v) is 2.36. The molecule has 2 N–H and O–H groups in total. The van der Waals surface area contributed by atoms with E-state index in [0.717, 1.165) is 23.3 Å². The smallest absolute Gasteiger partial charge is 0.128 e. The van der Waals surface area contributed by atoms with Gasteiger partial charge >= 0.3 is 0 Å². The van der Waals surface area contributed by atoms with Gasteiger partial charge in [-0.15, -0.1) is 0 Å². The van der Waals surface area contributed by atoms with Crippen LogP contribution in [0, 0.1) is 5.82 Å². The third-order valence-electron chi connectivity index (χ3n) is 3.27. The molecule has 0 saturated carbocycles. The molecule has 2 nitrogen and oxygen atoms in total. The highest BCUT2D eigenvalue weighted by atomic mass is 32.2. The lowest BCUT2D eigenvalue weighted by Crippen LogP contribution is -2.29. The maximum Gasteiger partial charge on any atom is 0.128 e. The maximum atomic E-state index is 13.8. The van der Waals surface area contributed by atoms with Crippen molar-refractivity contribution in [3.63, 3.8) is 0 Å². The Labute approximate surface area is 114 Å². The Morgan fingerprint density at radius 1 is 1.44 bits per heavy atom. The first kappa shape index (κ1) is 15.5. The van der Waals surface area contributed by atoms with Gasteiger partial charge in [0.05, 0.1) is 0 Å².